The number of amides is 1. The molecule has 1 amide bonds. The van der Waals surface area contributed by atoms with E-state index in [2.05, 4.69) is 18.9 Å². The van der Waals surface area contributed by atoms with Crippen molar-refractivity contribution in [2.45, 2.75) is 72.0 Å². The Labute approximate surface area is 157 Å². The van der Waals surface area contributed by atoms with Crippen molar-refractivity contribution in [3.05, 3.63) is 34.1 Å². The molecule has 0 aromatic carbocycles. The molecule has 27 heavy (non-hydrogen) atoms. The summed E-state index contributed by atoms with van der Waals surface area (Å²) in [5.41, 5.74) is 1.76. The number of hydrogen-bond acceptors (Lipinski definition) is 4. The van der Waals surface area contributed by atoms with Crippen LogP contribution in [0.3, 0.4) is 0 Å². The number of piperidine rings is 1. The normalized spacial score (nSPS) is 20.7. The molecule has 1 saturated heterocycles. The van der Waals surface area contributed by atoms with Gasteiger partial charge in [-0.25, -0.2) is 4.68 Å². The molecule has 4 rings (SSSR count). The van der Waals surface area contributed by atoms with Crippen LogP contribution in [0.5, 0.6) is 0 Å². The zero-order valence-corrected chi connectivity index (χ0v) is 16.4. The third-order valence-corrected chi connectivity index (χ3v) is 5.64. The summed E-state index contributed by atoms with van der Waals surface area (Å²) in [6, 6.07) is 4.06. The van der Waals surface area contributed by atoms with Gasteiger partial charge in [0.1, 0.15) is 23.6 Å². The van der Waals surface area contributed by atoms with Gasteiger partial charge in [0.05, 0.1) is 5.52 Å². The smallest absolute Gasteiger partial charge is 0.291 e. The maximum atomic E-state index is 13.0. The quantitative estimate of drug-likeness (QED) is 0.711. The maximum Gasteiger partial charge on any atom is 0.291 e. The van der Waals surface area contributed by atoms with Gasteiger partial charge in [-0.3, -0.25) is 14.0 Å². The van der Waals surface area contributed by atoms with Gasteiger partial charge in [0, 0.05) is 30.6 Å². The Morgan fingerprint density at radius 2 is 1.93 bits per heavy atom. The molecule has 1 aliphatic heterocycles. The first-order valence-corrected chi connectivity index (χ1v) is 9.73. The van der Waals surface area contributed by atoms with Crippen LogP contribution in [0, 0.1) is 6.92 Å². The molecule has 0 aliphatic carbocycles. The summed E-state index contributed by atoms with van der Waals surface area (Å²) in [5.74, 6) is 1.50. The van der Waals surface area contributed by atoms with E-state index in [-0.39, 0.29) is 30.1 Å². The predicted octanol–water partition coefficient (Wildman–Crippen LogP) is 2.90. The van der Waals surface area contributed by atoms with E-state index in [1.807, 2.05) is 29.2 Å². The minimum atomic E-state index is -0.262. The molecule has 4 heterocycles. The Hall–Kier alpha value is -2.57. The van der Waals surface area contributed by atoms with Crippen LogP contribution in [0.4, 0.5) is 0 Å². The number of hydrogen-bond donors (Lipinski definition) is 0. The van der Waals surface area contributed by atoms with E-state index >= 15 is 0 Å². The van der Waals surface area contributed by atoms with Gasteiger partial charge in [0.25, 0.3) is 5.56 Å². The Bertz CT molecular complexity index is 1060. The molecule has 7 nitrogen and oxygen atoms in total. The van der Waals surface area contributed by atoms with E-state index in [1.54, 1.807) is 6.07 Å². The van der Waals surface area contributed by atoms with Gasteiger partial charge in [-0.2, -0.15) is 5.10 Å². The summed E-state index contributed by atoms with van der Waals surface area (Å²) in [5, 5.41) is 4.51. The van der Waals surface area contributed by atoms with Crippen molar-refractivity contribution in [2.75, 3.05) is 0 Å². The highest BCUT2D eigenvalue weighted by Crippen LogP contribution is 2.24. The van der Waals surface area contributed by atoms with Crippen LogP contribution < -0.4 is 5.56 Å². The fraction of sp³-hybridized carbons (Fsp3) is 0.550. The van der Waals surface area contributed by atoms with Crippen molar-refractivity contribution in [3.8, 4) is 0 Å². The molecule has 2 atom stereocenters. The Balaban J connectivity index is 1.77. The second-order valence-corrected chi connectivity index (χ2v) is 7.63. The standard InChI is InChI=1S/C20H26N4O3/c1-5-18-21-22(11-19(25)23-12(2)7-6-8-13(23)3)20(26)16-10-17-15(24(16)18)9-14(4)27-17/h9-10,12-13H,5-8,11H2,1-4H3/t12-,13-/m0/s1. The minimum Gasteiger partial charge on any atom is -0.460 e. The first-order valence-electron chi connectivity index (χ1n) is 9.73. The fourth-order valence-corrected chi connectivity index (χ4v) is 4.37. The number of furan rings is 1. The summed E-state index contributed by atoms with van der Waals surface area (Å²) in [7, 11) is 0. The second kappa shape index (κ2) is 6.55. The zero-order chi connectivity index (χ0) is 19.3. The highest BCUT2D eigenvalue weighted by molar-refractivity contribution is 5.83. The highest BCUT2D eigenvalue weighted by Gasteiger charge is 2.29. The molecular formula is C20H26N4O3. The van der Waals surface area contributed by atoms with Crippen molar-refractivity contribution in [3.63, 3.8) is 0 Å². The summed E-state index contributed by atoms with van der Waals surface area (Å²) >= 11 is 0. The van der Waals surface area contributed by atoms with Crippen molar-refractivity contribution < 1.29 is 9.21 Å². The van der Waals surface area contributed by atoms with Crippen molar-refractivity contribution >= 4 is 22.5 Å². The molecule has 3 aromatic heterocycles. The minimum absolute atomic E-state index is 0.0252. The lowest BCUT2D eigenvalue weighted by Crippen LogP contribution is -2.49. The zero-order valence-electron chi connectivity index (χ0n) is 16.4. The van der Waals surface area contributed by atoms with Gasteiger partial charge >= 0.3 is 0 Å². The number of rotatable bonds is 3. The van der Waals surface area contributed by atoms with Gasteiger partial charge in [-0.1, -0.05) is 6.92 Å². The topological polar surface area (TPSA) is 72.8 Å². The molecule has 0 N–H and O–H groups in total. The Kier molecular flexibility index (Phi) is 4.32. The molecule has 0 unspecified atom stereocenters. The third kappa shape index (κ3) is 2.85. The molecule has 0 radical (unpaired) electrons. The molecule has 144 valence electrons. The average molecular weight is 370 g/mol. The van der Waals surface area contributed by atoms with E-state index in [0.717, 1.165) is 36.4 Å². The van der Waals surface area contributed by atoms with Crippen molar-refractivity contribution in [2.24, 2.45) is 0 Å². The van der Waals surface area contributed by atoms with Crippen LogP contribution in [0.1, 0.15) is 51.6 Å². The number of aryl methyl sites for hydroxylation is 2. The van der Waals surface area contributed by atoms with Crippen LogP contribution in [0.15, 0.2) is 21.3 Å². The van der Waals surface area contributed by atoms with Gasteiger partial charge in [0.2, 0.25) is 5.91 Å². The average Bonchev–Trinajstić information content (AvgIpc) is 3.13. The number of carbonyl (C=O) groups excluding carboxylic acids is 1. The predicted molar refractivity (Wildman–Crippen MR) is 103 cm³/mol. The van der Waals surface area contributed by atoms with E-state index in [0.29, 0.717) is 17.5 Å². The molecule has 3 aromatic rings. The molecule has 1 fully saturated rings. The van der Waals surface area contributed by atoms with E-state index < -0.39 is 0 Å². The van der Waals surface area contributed by atoms with Crippen LogP contribution in [0.2, 0.25) is 0 Å². The van der Waals surface area contributed by atoms with Gasteiger partial charge in [-0.05, 0) is 40.0 Å². The number of carbonyl (C=O) groups is 1. The van der Waals surface area contributed by atoms with Gasteiger partial charge in [-0.15, -0.1) is 0 Å². The molecule has 0 bridgehead atoms. The van der Waals surface area contributed by atoms with Crippen molar-refractivity contribution in [1.82, 2.24) is 19.1 Å². The number of fused-ring (bicyclic) bond motifs is 3. The summed E-state index contributed by atoms with van der Waals surface area (Å²) in [6.07, 6.45) is 3.80. The Morgan fingerprint density at radius 3 is 2.59 bits per heavy atom. The second-order valence-electron chi connectivity index (χ2n) is 7.63. The van der Waals surface area contributed by atoms with Gasteiger partial charge < -0.3 is 9.32 Å². The van der Waals surface area contributed by atoms with E-state index in [1.165, 1.54) is 4.68 Å². The van der Waals surface area contributed by atoms with Crippen LogP contribution in [-0.2, 0) is 17.8 Å². The molecule has 0 spiro atoms. The lowest BCUT2D eigenvalue weighted by Gasteiger charge is -2.39. The summed E-state index contributed by atoms with van der Waals surface area (Å²) < 4.78 is 8.84. The molecular weight excluding hydrogens is 344 g/mol. The lowest BCUT2D eigenvalue weighted by molar-refractivity contribution is -0.138. The first kappa shape index (κ1) is 17.8. The third-order valence-electron chi connectivity index (χ3n) is 5.64. The van der Waals surface area contributed by atoms with Crippen molar-refractivity contribution in [1.29, 1.82) is 0 Å². The SMILES string of the molecule is CCc1nn(CC(=O)N2[C@@H](C)CCC[C@@H]2C)c(=O)c2cc3oc(C)cc3n12. The van der Waals surface area contributed by atoms with Crippen LogP contribution >= 0.6 is 0 Å². The van der Waals surface area contributed by atoms with Crippen LogP contribution in [-0.4, -0.2) is 37.1 Å². The maximum absolute atomic E-state index is 13.0. The largest absolute Gasteiger partial charge is 0.460 e. The summed E-state index contributed by atoms with van der Waals surface area (Å²) in [6.45, 7) is 8.00. The number of nitrogens with zero attached hydrogens (tertiary/aromatic N) is 4. The first-order chi connectivity index (χ1) is 12.9. The van der Waals surface area contributed by atoms with E-state index in [4.69, 9.17) is 4.42 Å². The summed E-state index contributed by atoms with van der Waals surface area (Å²) in [4.78, 5) is 27.9. The number of likely N-dealkylation sites (tertiary alicyclic amines) is 1. The monoisotopic (exact) mass is 370 g/mol. The molecule has 0 saturated carbocycles. The van der Waals surface area contributed by atoms with E-state index in [9.17, 15) is 9.59 Å². The fourth-order valence-electron chi connectivity index (χ4n) is 4.37. The number of aromatic nitrogens is 3. The van der Waals surface area contributed by atoms with Crippen LogP contribution in [0.25, 0.3) is 16.6 Å². The Morgan fingerprint density at radius 1 is 1.22 bits per heavy atom. The lowest BCUT2D eigenvalue weighted by atomic mass is 9.97. The molecule has 7 heteroatoms. The van der Waals surface area contributed by atoms with Gasteiger partial charge in [0.15, 0.2) is 5.58 Å². The highest BCUT2D eigenvalue weighted by atomic mass is 16.3. The molecule has 1 aliphatic rings.